The van der Waals surface area contributed by atoms with Crippen molar-refractivity contribution in [2.45, 2.75) is 373 Å². The van der Waals surface area contributed by atoms with E-state index < -0.39 is 9.84 Å². The van der Waals surface area contributed by atoms with E-state index in [0.717, 1.165) is 88.2 Å². The second kappa shape index (κ2) is 57.9. The number of ether oxygens (including phenoxy) is 8. The molecule has 4 aromatic rings. The molecule has 0 aliphatic carbocycles. The van der Waals surface area contributed by atoms with Crippen molar-refractivity contribution in [2.75, 3.05) is 39.6 Å². The van der Waals surface area contributed by atoms with Crippen LogP contribution in [0.2, 0.25) is 0 Å². The number of sulfone groups is 1. The zero-order valence-electron chi connectivity index (χ0n) is 63.0. The molecule has 0 N–H and O–H groups in total. The molecule has 552 valence electrons. The third-order valence-corrected chi connectivity index (χ3v) is 20.5. The Balaban J connectivity index is 1.48. The minimum absolute atomic E-state index is 0.184. The number of benzene rings is 4. The summed E-state index contributed by atoms with van der Waals surface area (Å²) < 4.78 is 81.1. The van der Waals surface area contributed by atoms with Crippen LogP contribution in [-0.2, 0) is 23.1 Å². The molecule has 97 heavy (non-hydrogen) atoms. The first-order valence-corrected chi connectivity index (χ1v) is 42.1. The van der Waals surface area contributed by atoms with Gasteiger partial charge in [0, 0.05) is 0 Å². The molecular formula is C86H142O10S. The highest BCUT2D eigenvalue weighted by molar-refractivity contribution is 7.91. The molecule has 0 aromatic heterocycles. The van der Waals surface area contributed by atoms with Gasteiger partial charge in [0.1, 0.15) is 24.7 Å². The fourth-order valence-corrected chi connectivity index (χ4v) is 13.8. The van der Waals surface area contributed by atoms with Gasteiger partial charge in [0.15, 0.2) is 23.0 Å². The molecule has 4 rings (SSSR count). The number of hydrogen-bond acceptors (Lipinski definition) is 10. The molecule has 0 unspecified atom stereocenters. The molecule has 0 saturated carbocycles. The van der Waals surface area contributed by atoms with Gasteiger partial charge in [0.2, 0.25) is 21.3 Å². The van der Waals surface area contributed by atoms with E-state index in [2.05, 4.69) is 41.5 Å². The van der Waals surface area contributed by atoms with E-state index in [1.165, 1.54) is 231 Å². The quantitative estimate of drug-likeness (QED) is 0.0397. The Kier molecular flexibility index (Phi) is 50.6. The SMILES string of the molecule is CCCCCCCCCCOc1cc(COc2ccc(S(=O)(=O)c3ccc(OCc4cc(OCCCCCCCCCC)c(OCCCCCCCCCC)c(OCCCCCCCCCC)c4)cc3)cc2)cc(OCCCCCCCCCC)c1OCCCCCCCCCC. The van der Waals surface area contributed by atoms with Crippen LogP contribution in [0.25, 0.3) is 0 Å². The monoisotopic (exact) mass is 1370 g/mol. The summed E-state index contributed by atoms with van der Waals surface area (Å²) in [4.78, 5) is 0.368. The van der Waals surface area contributed by atoms with Gasteiger partial charge in [-0.2, -0.15) is 0 Å². The summed E-state index contributed by atoms with van der Waals surface area (Å²) in [5.74, 6) is 5.29. The van der Waals surface area contributed by atoms with E-state index in [9.17, 15) is 8.42 Å². The zero-order chi connectivity index (χ0) is 69.2. The topological polar surface area (TPSA) is 108 Å². The molecular weight excluding hydrogens is 1230 g/mol. The minimum atomic E-state index is -3.86. The van der Waals surface area contributed by atoms with Gasteiger partial charge >= 0.3 is 0 Å². The van der Waals surface area contributed by atoms with Gasteiger partial charge in [-0.1, -0.05) is 311 Å². The number of rotatable bonds is 68. The molecule has 0 atom stereocenters. The average Bonchev–Trinajstić information content (AvgIpc) is 0.828. The Morgan fingerprint density at radius 2 is 0.412 bits per heavy atom. The van der Waals surface area contributed by atoms with Crippen molar-refractivity contribution in [3.63, 3.8) is 0 Å². The summed E-state index contributed by atoms with van der Waals surface area (Å²) in [5.41, 5.74) is 1.80. The average molecular weight is 1370 g/mol. The van der Waals surface area contributed by atoms with Crippen molar-refractivity contribution in [3.05, 3.63) is 83.9 Å². The molecule has 0 aliphatic heterocycles. The number of unbranched alkanes of at least 4 members (excludes halogenated alkanes) is 42. The summed E-state index contributed by atoms with van der Waals surface area (Å²) in [5, 5.41) is 0. The van der Waals surface area contributed by atoms with Crippen molar-refractivity contribution in [1.82, 2.24) is 0 Å². The van der Waals surface area contributed by atoms with Gasteiger partial charge in [-0.15, -0.1) is 0 Å². The van der Waals surface area contributed by atoms with Crippen molar-refractivity contribution in [3.8, 4) is 46.0 Å². The second-order valence-corrected chi connectivity index (χ2v) is 29.8. The largest absolute Gasteiger partial charge is 0.490 e. The van der Waals surface area contributed by atoms with Crippen molar-refractivity contribution in [1.29, 1.82) is 0 Å². The van der Waals surface area contributed by atoms with Gasteiger partial charge in [-0.05, 0) is 122 Å². The number of hydrogen-bond donors (Lipinski definition) is 0. The summed E-state index contributed by atoms with van der Waals surface area (Å²) in [6.45, 7) is 17.7. The first-order chi connectivity index (χ1) is 47.8. The molecule has 0 amide bonds. The van der Waals surface area contributed by atoms with Gasteiger partial charge in [-0.3, -0.25) is 0 Å². The van der Waals surface area contributed by atoms with Crippen LogP contribution in [0.3, 0.4) is 0 Å². The predicted octanol–water partition coefficient (Wildman–Crippen LogP) is 26.8. The van der Waals surface area contributed by atoms with Crippen molar-refractivity contribution >= 4 is 9.84 Å². The van der Waals surface area contributed by atoms with E-state index in [0.29, 0.717) is 85.6 Å². The highest BCUT2D eigenvalue weighted by atomic mass is 32.2. The van der Waals surface area contributed by atoms with Crippen LogP contribution < -0.4 is 37.9 Å². The minimum Gasteiger partial charge on any atom is -0.490 e. The van der Waals surface area contributed by atoms with E-state index in [1.54, 1.807) is 48.5 Å². The van der Waals surface area contributed by atoms with Gasteiger partial charge in [0.05, 0.1) is 49.4 Å². The summed E-state index contributed by atoms with van der Waals surface area (Å²) >= 11 is 0. The van der Waals surface area contributed by atoms with E-state index in [1.807, 2.05) is 24.3 Å². The van der Waals surface area contributed by atoms with E-state index in [-0.39, 0.29) is 23.0 Å². The third-order valence-electron chi connectivity index (χ3n) is 18.8. The Bertz CT molecular complexity index is 2330. The first kappa shape index (κ1) is 84.6. The Morgan fingerprint density at radius 1 is 0.227 bits per heavy atom. The van der Waals surface area contributed by atoms with Gasteiger partial charge in [0.25, 0.3) is 0 Å². The van der Waals surface area contributed by atoms with Crippen LogP contribution in [0.1, 0.15) is 361 Å². The summed E-state index contributed by atoms with van der Waals surface area (Å²) in [6, 6.07) is 21.6. The maximum Gasteiger partial charge on any atom is 0.206 e. The third kappa shape index (κ3) is 39.7. The molecule has 0 aliphatic rings. The lowest BCUT2D eigenvalue weighted by Gasteiger charge is -2.19. The Labute approximate surface area is 595 Å². The maximum absolute atomic E-state index is 14.2. The molecule has 0 fully saturated rings. The molecule has 10 nitrogen and oxygen atoms in total. The van der Waals surface area contributed by atoms with E-state index >= 15 is 0 Å². The Morgan fingerprint density at radius 3 is 0.619 bits per heavy atom. The summed E-state index contributed by atoms with van der Waals surface area (Å²) in [7, 11) is -3.86. The van der Waals surface area contributed by atoms with Crippen LogP contribution in [0.5, 0.6) is 46.0 Å². The first-order valence-electron chi connectivity index (χ1n) is 40.6. The van der Waals surface area contributed by atoms with Crippen LogP contribution in [0.15, 0.2) is 82.6 Å². The maximum atomic E-state index is 14.2. The molecule has 11 heteroatoms. The highest BCUT2D eigenvalue weighted by Gasteiger charge is 2.21. The lowest BCUT2D eigenvalue weighted by Crippen LogP contribution is -2.08. The molecule has 0 heterocycles. The second-order valence-electron chi connectivity index (χ2n) is 27.8. The van der Waals surface area contributed by atoms with Crippen LogP contribution in [0.4, 0.5) is 0 Å². The van der Waals surface area contributed by atoms with Crippen LogP contribution >= 0.6 is 0 Å². The van der Waals surface area contributed by atoms with Gasteiger partial charge < -0.3 is 37.9 Å². The molecule has 0 saturated heterocycles. The lowest BCUT2D eigenvalue weighted by molar-refractivity contribution is 0.232. The van der Waals surface area contributed by atoms with Gasteiger partial charge in [-0.25, -0.2) is 8.42 Å². The predicted molar refractivity (Wildman–Crippen MR) is 409 cm³/mol. The lowest BCUT2D eigenvalue weighted by atomic mass is 10.1. The fraction of sp³-hybridized carbons (Fsp3) is 0.721. The Hall–Kier alpha value is -4.77. The smallest absolute Gasteiger partial charge is 0.206 e. The molecule has 0 spiro atoms. The zero-order valence-corrected chi connectivity index (χ0v) is 63.8. The van der Waals surface area contributed by atoms with Crippen molar-refractivity contribution < 1.29 is 46.3 Å². The molecule has 0 radical (unpaired) electrons. The van der Waals surface area contributed by atoms with Crippen LogP contribution in [-0.4, -0.2) is 48.1 Å². The summed E-state index contributed by atoms with van der Waals surface area (Å²) in [6.07, 6.45) is 58.9. The van der Waals surface area contributed by atoms with Crippen molar-refractivity contribution in [2.24, 2.45) is 0 Å². The fourth-order valence-electron chi connectivity index (χ4n) is 12.5. The molecule has 0 bridgehead atoms. The van der Waals surface area contributed by atoms with Crippen LogP contribution in [0, 0.1) is 0 Å². The standard InChI is InChI=1S/C86H142O10S/c1-7-13-19-25-31-37-43-49-63-89-81-69-75(70-82(90-64-50-44-38-32-26-20-14-8-2)85(81)93-67-53-47-41-35-29-23-17-11-5)73-95-77-55-59-79(60-56-77)97(87,88)80-61-57-78(58-62-80)96-74-76-71-83(91-65-51-45-39-33-27-21-15-9-3)86(94-68-54-48-42-36-30-24-18-12-6)84(72-76)92-66-52-46-40-34-28-22-16-10-4/h55-62,69-72H,7-54,63-68,73-74H2,1-6H3. The molecule has 4 aromatic carbocycles. The van der Waals surface area contributed by atoms with E-state index in [4.69, 9.17) is 37.9 Å². The normalized spacial score (nSPS) is 11.5. The highest BCUT2D eigenvalue weighted by Crippen LogP contribution is 2.42.